The fourth-order valence-electron chi connectivity index (χ4n) is 3.57. The Morgan fingerprint density at radius 3 is 1.28 bits per heavy atom. The molecule has 0 aromatic rings. The Bertz CT molecular complexity index is 251. The van der Waals surface area contributed by atoms with Crippen molar-refractivity contribution in [1.29, 1.82) is 0 Å². The Labute approximate surface area is 158 Å². The van der Waals surface area contributed by atoms with Crippen LogP contribution in [0.1, 0.15) is 112 Å². The first-order valence-corrected chi connectivity index (χ1v) is 11.1. The molecule has 152 valence electrons. The van der Waals surface area contributed by atoms with E-state index in [1.54, 1.807) is 0 Å². The zero-order valence-corrected chi connectivity index (χ0v) is 17.9. The van der Waals surface area contributed by atoms with Crippen molar-refractivity contribution in [3.63, 3.8) is 0 Å². The molecule has 3 heteroatoms. The zero-order chi connectivity index (χ0) is 18.8. The van der Waals surface area contributed by atoms with E-state index in [0.29, 0.717) is 25.7 Å². The molecule has 3 nitrogen and oxygen atoms in total. The minimum Gasteiger partial charge on any atom is -0.328 e. The van der Waals surface area contributed by atoms with Crippen LogP contribution < -0.4 is 0 Å². The maximum absolute atomic E-state index is 6.08. The SMILES string of the molecule is CCCCCCCCC(CCCCCC)C(OCC)(OCC)OCC. The molecule has 0 spiro atoms. The number of rotatable bonds is 19. The standard InChI is InChI=1S/C22H46O3/c1-6-11-13-15-16-18-20-21(19-17-14-12-7-2)22(23-8-3,24-9-4)25-10-5/h21H,6-20H2,1-5H3. The van der Waals surface area contributed by atoms with E-state index < -0.39 is 5.97 Å². The van der Waals surface area contributed by atoms with Crippen LogP contribution in [0.4, 0.5) is 0 Å². The second kappa shape index (κ2) is 17.3. The van der Waals surface area contributed by atoms with Gasteiger partial charge in [0, 0.05) is 25.7 Å². The molecule has 1 atom stereocenters. The Balaban J connectivity index is 4.75. The summed E-state index contributed by atoms with van der Waals surface area (Å²) < 4.78 is 18.2. The molecule has 0 rings (SSSR count). The molecule has 1 unspecified atom stereocenters. The fourth-order valence-corrected chi connectivity index (χ4v) is 3.57. The summed E-state index contributed by atoms with van der Waals surface area (Å²) in [5.74, 6) is -0.510. The summed E-state index contributed by atoms with van der Waals surface area (Å²) in [4.78, 5) is 0. The van der Waals surface area contributed by atoms with Crippen LogP contribution >= 0.6 is 0 Å². The predicted octanol–water partition coefficient (Wildman–Crippen LogP) is 7.09. The van der Waals surface area contributed by atoms with Gasteiger partial charge in [0.15, 0.2) is 0 Å². The molecule has 25 heavy (non-hydrogen) atoms. The van der Waals surface area contributed by atoms with E-state index in [9.17, 15) is 0 Å². The van der Waals surface area contributed by atoms with Crippen LogP contribution in [0.25, 0.3) is 0 Å². The highest BCUT2D eigenvalue weighted by Crippen LogP contribution is 2.34. The summed E-state index contributed by atoms with van der Waals surface area (Å²) in [6.07, 6.45) is 15.3. The summed E-state index contributed by atoms with van der Waals surface area (Å²) in [6.45, 7) is 12.5. The topological polar surface area (TPSA) is 27.7 Å². The Hall–Kier alpha value is -0.120. The quantitative estimate of drug-likeness (QED) is 0.182. The molecule has 0 amide bonds. The van der Waals surface area contributed by atoms with Crippen molar-refractivity contribution in [2.75, 3.05) is 19.8 Å². The molecule has 0 aromatic heterocycles. The molecule has 0 radical (unpaired) electrons. The van der Waals surface area contributed by atoms with Gasteiger partial charge in [0.25, 0.3) is 5.97 Å². The first-order valence-electron chi connectivity index (χ1n) is 11.1. The van der Waals surface area contributed by atoms with Gasteiger partial charge in [-0.3, -0.25) is 0 Å². The molecular formula is C22H46O3. The van der Waals surface area contributed by atoms with Crippen LogP contribution in [0, 0.1) is 5.92 Å². The highest BCUT2D eigenvalue weighted by molar-refractivity contribution is 4.73. The number of ether oxygens (including phenoxy) is 3. The lowest BCUT2D eigenvalue weighted by atomic mass is 9.91. The van der Waals surface area contributed by atoms with Crippen molar-refractivity contribution >= 4 is 0 Å². The molecule has 0 saturated carbocycles. The van der Waals surface area contributed by atoms with Crippen molar-refractivity contribution in [1.82, 2.24) is 0 Å². The smallest absolute Gasteiger partial charge is 0.285 e. The molecule has 0 saturated heterocycles. The average molecular weight is 359 g/mol. The number of hydrogen-bond donors (Lipinski definition) is 0. The van der Waals surface area contributed by atoms with Gasteiger partial charge in [-0.05, 0) is 33.6 Å². The summed E-state index contributed by atoms with van der Waals surface area (Å²) in [5.41, 5.74) is 0. The maximum Gasteiger partial charge on any atom is 0.285 e. The van der Waals surface area contributed by atoms with Gasteiger partial charge in [0.05, 0.1) is 0 Å². The van der Waals surface area contributed by atoms with Gasteiger partial charge in [0.2, 0.25) is 0 Å². The summed E-state index contributed by atoms with van der Waals surface area (Å²) >= 11 is 0. The van der Waals surface area contributed by atoms with Crippen LogP contribution in [-0.2, 0) is 14.2 Å². The third-order valence-corrected chi connectivity index (χ3v) is 4.85. The van der Waals surface area contributed by atoms with Gasteiger partial charge in [-0.2, -0.15) is 0 Å². The van der Waals surface area contributed by atoms with E-state index >= 15 is 0 Å². The second-order valence-electron chi connectivity index (χ2n) is 7.01. The normalized spacial score (nSPS) is 13.3. The van der Waals surface area contributed by atoms with Crippen LogP contribution in [0.2, 0.25) is 0 Å². The first kappa shape index (κ1) is 24.9. The monoisotopic (exact) mass is 358 g/mol. The van der Waals surface area contributed by atoms with E-state index in [1.807, 2.05) is 20.8 Å². The average Bonchev–Trinajstić information content (AvgIpc) is 2.60. The van der Waals surface area contributed by atoms with Gasteiger partial charge >= 0.3 is 0 Å². The molecule has 0 aromatic carbocycles. The van der Waals surface area contributed by atoms with E-state index in [0.717, 1.165) is 12.8 Å². The van der Waals surface area contributed by atoms with Gasteiger partial charge in [0.1, 0.15) is 0 Å². The van der Waals surface area contributed by atoms with Crippen LogP contribution in [-0.4, -0.2) is 25.8 Å². The van der Waals surface area contributed by atoms with E-state index in [1.165, 1.54) is 64.2 Å². The predicted molar refractivity (Wildman–Crippen MR) is 108 cm³/mol. The third-order valence-electron chi connectivity index (χ3n) is 4.85. The molecular weight excluding hydrogens is 312 g/mol. The zero-order valence-electron chi connectivity index (χ0n) is 17.9. The Morgan fingerprint density at radius 2 is 0.880 bits per heavy atom. The van der Waals surface area contributed by atoms with Crippen molar-refractivity contribution in [2.45, 2.75) is 118 Å². The minimum absolute atomic E-state index is 0.329. The van der Waals surface area contributed by atoms with Gasteiger partial charge in [-0.25, -0.2) is 0 Å². The lowest BCUT2D eigenvalue weighted by molar-refractivity contribution is -0.403. The summed E-state index contributed by atoms with van der Waals surface area (Å²) in [6, 6.07) is 0. The summed E-state index contributed by atoms with van der Waals surface area (Å²) in [7, 11) is 0. The molecule has 0 N–H and O–H groups in total. The molecule has 0 aliphatic heterocycles. The minimum atomic E-state index is -0.839. The van der Waals surface area contributed by atoms with Crippen LogP contribution in [0.5, 0.6) is 0 Å². The van der Waals surface area contributed by atoms with E-state index in [2.05, 4.69) is 13.8 Å². The second-order valence-corrected chi connectivity index (χ2v) is 7.01. The van der Waals surface area contributed by atoms with Crippen LogP contribution in [0.15, 0.2) is 0 Å². The lowest BCUT2D eigenvalue weighted by Gasteiger charge is -2.39. The van der Waals surface area contributed by atoms with Crippen molar-refractivity contribution < 1.29 is 14.2 Å². The number of hydrogen-bond acceptors (Lipinski definition) is 3. The van der Waals surface area contributed by atoms with Crippen LogP contribution in [0.3, 0.4) is 0 Å². The molecule has 0 bridgehead atoms. The first-order chi connectivity index (χ1) is 12.2. The van der Waals surface area contributed by atoms with Crippen molar-refractivity contribution in [3.05, 3.63) is 0 Å². The van der Waals surface area contributed by atoms with Crippen molar-refractivity contribution in [3.8, 4) is 0 Å². The maximum atomic E-state index is 6.08. The Kier molecular flexibility index (Phi) is 17.2. The van der Waals surface area contributed by atoms with E-state index in [-0.39, 0.29) is 0 Å². The Morgan fingerprint density at radius 1 is 0.520 bits per heavy atom. The van der Waals surface area contributed by atoms with Gasteiger partial charge in [-0.15, -0.1) is 0 Å². The largest absolute Gasteiger partial charge is 0.328 e. The number of unbranched alkanes of at least 4 members (excludes halogenated alkanes) is 8. The lowest BCUT2D eigenvalue weighted by Crippen LogP contribution is -2.46. The van der Waals surface area contributed by atoms with E-state index in [4.69, 9.17) is 14.2 Å². The van der Waals surface area contributed by atoms with Gasteiger partial charge < -0.3 is 14.2 Å². The highest BCUT2D eigenvalue weighted by Gasteiger charge is 2.41. The molecule has 0 aliphatic rings. The molecule has 0 aliphatic carbocycles. The van der Waals surface area contributed by atoms with Gasteiger partial charge in [-0.1, -0.05) is 78.1 Å². The fraction of sp³-hybridized carbons (Fsp3) is 1.00. The highest BCUT2D eigenvalue weighted by atomic mass is 16.9. The molecule has 0 heterocycles. The molecule has 0 fully saturated rings. The summed E-state index contributed by atoms with van der Waals surface area (Å²) in [5, 5.41) is 0. The van der Waals surface area contributed by atoms with Crippen molar-refractivity contribution in [2.24, 2.45) is 5.92 Å². The third kappa shape index (κ3) is 11.2.